The lowest BCUT2D eigenvalue weighted by Gasteiger charge is -2.20. The molecule has 2 saturated heterocycles. The number of ether oxygens (including phenoxy) is 3. The molecule has 2 aromatic carbocycles. The predicted molar refractivity (Wildman–Crippen MR) is 250 cm³/mol. The Morgan fingerprint density at radius 3 is 1.79 bits per heavy atom. The average Bonchev–Trinajstić information content (AvgIpc) is 4.03. The first-order valence-corrected chi connectivity index (χ1v) is 22.7. The molecule has 0 spiro atoms. The zero-order valence-corrected chi connectivity index (χ0v) is 37.4. The van der Waals surface area contributed by atoms with Crippen molar-refractivity contribution in [3.8, 4) is 29.9 Å². The van der Waals surface area contributed by atoms with Crippen LogP contribution in [0.4, 0.5) is 0 Å². The zero-order chi connectivity index (χ0) is 47.3. The van der Waals surface area contributed by atoms with Crippen LogP contribution in [0, 0.1) is 23.7 Å². The highest BCUT2D eigenvalue weighted by atomic mass is 16.5. The van der Waals surface area contributed by atoms with Crippen LogP contribution in [0.1, 0.15) is 117 Å². The molecule has 3 atom stereocenters. The van der Waals surface area contributed by atoms with Gasteiger partial charge in [-0.3, -0.25) is 38.7 Å². The minimum atomic E-state index is -0.754. The number of hydrogen-bond donors (Lipinski definition) is 0. The number of amides is 2. The second-order valence-corrected chi connectivity index (χ2v) is 16.2. The molecular formula is C50H55B2N5O9. The third-order valence-corrected chi connectivity index (χ3v) is 11.6. The van der Waals surface area contributed by atoms with Crippen LogP contribution in [0.5, 0.6) is 11.5 Å². The molecule has 2 amide bonds. The summed E-state index contributed by atoms with van der Waals surface area (Å²) < 4.78 is 16.2. The Kier molecular flexibility index (Phi) is 20.2. The second kappa shape index (κ2) is 26.4. The van der Waals surface area contributed by atoms with E-state index in [1.807, 2.05) is 18.2 Å². The molecule has 2 fully saturated rings. The van der Waals surface area contributed by atoms with E-state index in [1.54, 1.807) is 52.5 Å². The van der Waals surface area contributed by atoms with Gasteiger partial charge in [-0.25, -0.2) is 0 Å². The topological polar surface area (TPSA) is 186 Å². The Bertz CT molecular complexity index is 2420. The molecule has 4 heterocycles. The average molecular weight is 892 g/mol. The fraction of sp³-hybridized carbons (Fsp3) is 0.460. The van der Waals surface area contributed by atoms with Crippen molar-refractivity contribution in [3.63, 3.8) is 0 Å². The normalized spacial score (nSPS) is 15.8. The largest absolute Gasteiger partial charge is 0.494 e. The van der Waals surface area contributed by atoms with Crippen LogP contribution < -0.4 is 9.47 Å². The van der Waals surface area contributed by atoms with Crippen LogP contribution in [-0.2, 0) is 23.9 Å². The monoisotopic (exact) mass is 891 g/mol. The number of carbonyl (C=O) groups excluding carboxylic acids is 6. The molecule has 14 nitrogen and oxygen atoms in total. The van der Waals surface area contributed by atoms with Gasteiger partial charge in [-0.1, -0.05) is 18.7 Å². The van der Waals surface area contributed by atoms with Crippen molar-refractivity contribution in [3.05, 3.63) is 72.1 Å². The number of nitrogens with zero attached hydrogens (tertiary/aromatic N) is 5. The quantitative estimate of drug-likeness (QED) is 0.0235. The lowest BCUT2D eigenvalue weighted by Crippen LogP contribution is -2.34. The van der Waals surface area contributed by atoms with Gasteiger partial charge in [0.25, 0.3) is 6.47 Å². The van der Waals surface area contributed by atoms with Crippen LogP contribution >= 0.6 is 0 Å². The van der Waals surface area contributed by atoms with Gasteiger partial charge in [0.05, 0.1) is 50.2 Å². The van der Waals surface area contributed by atoms with E-state index in [9.17, 15) is 28.8 Å². The van der Waals surface area contributed by atoms with Crippen molar-refractivity contribution >= 4 is 73.1 Å². The Morgan fingerprint density at radius 1 is 0.742 bits per heavy atom. The van der Waals surface area contributed by atoms with Crippen molar-refractivity contribution in [2.45, 2.75) is 121 Å². The van der Waals surface area contributed by atoms with Crippen molar-refractivity contribution in [1.29, 1.82) is 5.26 Å². The molecule has 0 bridgehead atoms. The number of rotatable bonds is 24. The number of nitriles is 1. The van der Waals surface area contributed by atoms with E-state index >= 15 is 0 Å². The summed E-state index contributed by atoms with van der Waals surface area (Å²) in [6, 6.07) is 15.1. The van der Waals surface area contributed by atoms with E-state index in [-0.39, 0.29) is 79.8 Å². The second-order valence-electron chi connectivity index (χ2n) is 16.2. The number of terminal acetylenes is 1. The molecule has 66 heavy (non-hydrogen) atoms. The van der Waals surface area contributed by atoms with Gasteiger partial charge in [-0.05, 0) is 99.9 Å². The summed E-state index contributed by atoms with van der Waals surface area (Å²) in [5.41, 5.74) is 2.41. The van der Waals surface area contributed by atoms with E-state index < -0.39 is 6.00 Å². The number of Topliss-reactive ketones (excluding diaryl/α,β-unsaturated/α-hetero) is 3. The summed E-state index contributed by atoms with van der Waals surface area (Å²) in [4.78, 5) is 84.9. The number of benzene rings is 2. The third kappa shape index (κ3) is 14.7. The molecule has 340 valence electrons. The van der Waals surface area contributed by atoms with Gasteiger partial charge in [0.15, 0.2) is 11.6 Å². The number of hydrogen-bond acceptors (Lipinski definition) is 12. The molecule has 0 aliphatic carbocycles. The molecule has 2 aliphatic heterocycles. The molecule has 0 N–H and O–H groups in total. The van der Waals surface area contributed by atoms with Crippen LogP contribution in [0.3, 0.4) is 0 Å². The van der Waals surface area contributed by atoms with Crippen LogP contribution in [0.25, 0.3) is 21.8 Å². The summed E-state index contributed by atoms with van der Waals surface area (Å²) in [6.07, 6.45) is 17.1. The van der Waals surface area contributed by atoms with E-state index in [1.165, 1.54) is 0 Å². The Balaban J connectivity index is 0.000000255. The van der Waals surface area contributed by atoms with E-state index in [4.69, 9.17) is 36.9 Å². The molecule has 4 aromatic rings. The SMILES string of the molecule is [B]C(CCC(=O)CCCCOc1ccc2nccc(C(=O)CCC(=O)N3CCC[C@H]3C#C)c2c1)OC=O.[B]CCCCOc1ccc2nccc(C(=O)CCC(=O)N3CCC[C@H]3C#N)c2c1. The standard InChI is InChI=1S/C28H31BN2O6.C22H24BN3O3/c1-2-20-6-5-16-31(20)28(35)13-11-26(34)23-14-15-30-25-10-9-22(18-24(23)25)36-17-4-3-7-21(33)8-12-27(29)37-19-32;23-10-1-2-13-29-17-5-6-20-19(14-17)18(9-11-25-20)21(27)7-8-22(28)26-12-3-4-16(26)15-24/h1,9-10,14-15,18-20,27H,3-8,11-13,16-17H2;5-6,9,11,14,16H,1-4,7-8,10,12-13H2/t20-,27?;16-/m10/s1. The van der Waals surface area contributed by atoms with Gasteiger partial charge in [0.1, 0.15) is 31.2 Å². The van der Waals surface area contributed by atoms with Gasteiger partial charge in [-0.2, -0.15) is 5.26 Å². The van der Waals surface area contributed by atoms with Gasteiger partial charge < -0.3 is 24.0 Å². The predicted octanol–water partition coefficient (Wildman–Crippen LogP) is 6.85. The number of ketones is 3. The number of fused-ring (bicyclic) bond motifs is 2. The number of pyridine rings is 2. The number of likely N-dealkylation sites (tertiary alicyclic amines) is 2. The summed E-state index contributed by atoms with van der Waals surface area (Å²) in [7, 11) is 11.0. The van der Waals surface area contributed by atoms with Crippen LogP contribution in [0.2, 0.25) is 6.32 Å². The maximum absolute atomic E-state index is 13.0. The van der Waals surface area contributed by atoms with Gasteiger partial charge >= 0.3 is 0 Å². The fourth-order valence-electron chi connectivity index (χ4n) is 7.97. The van der Waals surface area contributed by atoms with Crippen LogP contribution in [0.15, 0.2) is 60.9 Å². The molecule has 4 radical (unpaired) electrons. The Labute approximate surface area is 388 Å². The molecule has 2 aliphatic rings. The molecular weight excluding hydrogens is 836 g/mol. The highest BCUT2D eigenvalue weighted by Gasteiger charge is 2.29. The minimum Gasteiger partial charge on any atom is -0.494 e. The Hall–Kier alpha value is -6.54. The number of aromatic nitrogens is 2. The van der Waals surface area contributed by atoms with Gasteiger partial charge in [0, 0.05) is 85.9 Å². The third-order valence-electron chi connectivity index (χ3n) is 11.6. The van der Waals surface area contributed by atoms with Crippen molar-refractivity contribution in [2.24, 2.45) is 0 Å². The first-order valence-electron chi connectivity index (χ1n) is 22.7. The van der Waals surface area contributed by atoms with Crippen molar-refractivity contribution in [1.82, 2.24) is 19.8 Å². The molecule has 1 unspecified atom stereocenters. The highest BCUT2D eigenvalue weighted by Crippen LogP contribution is 2.27. The summed E-state index contributed by atoms with van der Waals surface area (Å²) in [6.45, 7) is 2.49. The highest BCUT2D eigenvalue weighted by molar-refractivity contribution is 6.11. The Morgan fingerprint density at radius 2 is 1.27 bits per heavy atom. The summed E-state index contributed by atoms with van der Waals surface area (Å²) >= 11 is 0. The maximum atomic E-state index is 13.0. The number of unbranched alkanes of at least 4 members (excludes halogenated alkanes) is 2. The molecule has 0 saturated carbocycles. The van der Waals surface area contributed by atoms with E-state index in [2.05, 4.69) is 26.7 Å². The van der Waals surface area contributed by atoms with E-state index in [0.29, 0.717) is 104 Å². The molecule has 16 heteroatoms. The molecule has 2 aromatic heterocycles. The summed E-state index contributed by atoms with van der Waals surface area (Å²) in [5, 5.41) is 10.5. The molecule has 6 rings (SSSR count). The lowest BCUT2D eigenvalue weighted by atomic mass is 9.93. The van der Waals surface area contributed by atoms with Crippen LogP contribution in [-0.4, -0.2) is 115 Å². The van der Waals surface area contributed by atoms with Gasteiger partial charge in [0.2, 0.25) is 11.8 Å². The van der Waals surface area contributed by atoms with Gasteiger partial charge in [-0.15, -0.1) is 6.42 Å². The van der Waals surface area contributed by atoms with Crippen molar-refractivity contribution in [2.75, 3.05) is 26.3 Å². The fourth-order valence-corrected chi connectivity index (χ4v) is 7.97. The zero-order valence-electron chi connectivity index (χ0n) is 37.4. The van der Waals surface area contributed by atoms with Crippen molar-refractivity contribution < 1.29 is 43.0 Å². The summed E-state index contributed by atoms with van der Waals surface area (Å²) in [5.74, 6) is 3.52. The number of carbonyl (C=O) groups is 6. The first-order chi connectivity index (χ1) is 32.1. The smallest absolute Gasteiger partial charge is 0.292 e. The van der Waals surface area contributed by atoms with E-state index in [0.717, 1.165) is 37.5 Å². The minimum absolute atomic E-state index is 0.0582. The lowest BCUT2D eigenvalue weighted by molar-refractivity contribution is -0.131. The first kappa shape index (κ1) is 50.5. The maximum Gasteiger partial charge on any atom is 0.292 e.